The maximum Gasteiger partial charge on any atom is 0.119 e. The Labute approximate surface area is 145 Å². The predicted octanol–water partition coefficient (Wildman–Crippen LogP) is 3.83. The zero-order valence-electron chi connectivity index (χ0n) is 14.0. The van der Waals surface area contributed by atoms with Crippen LogP contribution >= 0.6 is 12.4 Å². The standard InChI is InChI=1S/C19H26N2O.ClH/c1-14(20)16-7-9-21(10-8-16)13-15-3-4-18-12-19(22-2)6-5-17(18)11-15;/h3-6,11-12,14,16H,7-10,13,20H2,1-2H3;1H. The summed E-state index contributed by atoms with van der Waals surface area (Å²) in [6.45, 7) is 5.49. The van der Waals surface area contributed by atoms with Gasteiger partial charge in [-0.2, -0.15) is 0 Å². The number of hydrogen-bond donors (Lipinski definition) is 1. The van der Waals surface area contributed by atoms with E-state index in [9.17, 15) is 0 Å². The van der Waals surface area contributed by atoms with Crippen LogP contribution in [0.5, 0.6) is 5.75 Å². The Balaban J connectivity index is 0.00000192. The van der Waals surface area contributed by atoms with Crippen molar-refractivity contribution in [2.45, 2.75) is 32.4 Å². The van der Waals surface area contributed by atoms with Gasteiger partial charge in [-0.1, -0.05) is 18.2 Å². The molecule has 0 spiro atoms. The Morgan fingerprint density at radius 3 is 2.43 bits per heavy atom. The van der Waals surface area contributed by atoms with Gasteiger partial charge in [0.2, 0.25) is 0 Å². The monoisotopic (exact) mass is 334 g/mol. The van der Waals surface area contributed by atoms with Crippen LogP contribution in [0.15, 0.2) is 36.4 Å². The molecule has 23 heavy (non-hydrogen) atoms. The number of piperidine rings is 1. The molecule has 1 aliphatic rings. The minimum absolute atomic E-state index is 0. The molecule has 0 radical (unpaired) electrons. The van der Waals surface area contributed by atoms with E-state index >= 15 is 0 Å². The summed E-state index contributed by atoms with van der Waals surface area (Å²) in [6.07, 6.45) is 2.45. The van der Waals surface area contributed by atoms with Gasteiger partial charge in [0.1, 0.15) is 5.75 Å². The Morgan fingerprint density at radius 1 is 1.13 bits per heavy atom. The lowest BCUT2D eigenvalue weighted by Crippen LogP contribution is -2.39. The van der Waals surface area contributed by atoms with E-state index < -0.39 is 0 Å². The number of likely N-dealkylation sites (tertiary alicyclic amines) is 1. The zero-order valence-corrected chi connectivity index (χ0v) is 14.8. The smallest absolute Gasteiger partial charge is 0.119 e. The first-order chi connectivity index (χ1) is 10.7. The molecule has 1 saturated heterocycles. The molecule has 4 heteroatoms. The first kappa shape index (κ1) is 18.1. The highest BCUT2D eigenvalue weighted by atomic mass is 35.5. The summed E-state index contributed by atoms with van der Waals surface area (Å²) in [4.78, 5) is 2.55. The highest BCUT2D eigenvalue weighted by Gasteiger charge is 2.21. The van der Waals surface area contributed by atoms with Gasteiger partial charge in [-0.3, -0.25) is 4.90 Å². The number of benzene rings is 2. The van der Waals surface area contributed by atoms with Crippen LogP contribution in [0.3, 0.4) is 0 Å². The number of methoxy groups -OCH3 is 1. The van der Waals surface area contributed by atoms with Crippen molar-refractivity contribution >= 4 is 23.2 Å². The molecule has 0 amide bonds. The van der Waals surface area contributed by atoms with E-state index in [-0.39, 0.29) is 12.4 Å². The Hall–Kier alpha value is -1.29. The third-order valence-electron chi connectivity index (χ3n) is 4.89. The van der Waals surface area contributed by atoms with E-state index in [0.29, 0.717) is 12.0 Å². The maximum atomic E-state index is 6.02. The summed E-state index contributed by atoms with van der Waals surface area (Å²) in [5.41, 5.74) is 7.41. The molecule has 0 aliphatic carbocycles. The SMILES string of the molecule is COc1ccc2cc(CN3CCC(C(C)N)CC3)ccc2c1.Cl. The van der Waals surface area contributed by atoms with Gasteiger partial charge < -0.3 is 10.5 Å². The van der Waals surface area contributed by atoms with Gasteiger partial charge in [0, 0.05) is 12.6 Å². The zero-order chi connectivity index (χ0) is 15.5. The predicted molar refractivity (Wildman–Crippen MR) is 99.4 cm³/mol. The van der Waals surface area contributed by atoms with Crippen LogP contribution in [0.2, 0.25) is 0 Å². The van der Waals surface area contributed by atoms with E-state index in [1.807, 2.05) is 6.07 Å². The average Bonchev–Trinajstić information content (AvgIpc) is 2.55. The molecule has 0 bridgehead atoms. The summed E-state index contributed by atoms with van der Waals surface area (Å²) in [5, 5.41) is 2.52. The molecule has 1 aliphatic heterocycles. The third-order valence-corrected chi connectivity index (χ3v) is 4.89. The minimum Gasteiger partial charge on any atom is -0.497 e. The fourth-order valence-corrected chi connectivity index (χ4v) is 3.39. The second-order valence-electron chi connectivity index (χ2n) is 6.52. The molecule has 0 aromatic heterocycles. The highest BCUT2D eigenvalue weighted by Crippen LogP contribution is 2.24. The molecule has 1 atom stereocenters. The fraction of sp³-hybridized carbons (Fsp3) is 0.474. The van der Waals surface area contributed by atoms with Gasteiger partial charge in [-0.15, -0.1) is 12.4 Å². The summed E-state index contributed by atoms with van der Waals surface area (Å²) in [7, 11) is 1.71. The second-order valence-corrected chi connectivity index (χ2v) is 6.52. The van der Waals surface area contributed by atoms with Gasteiger partial charge >= 0.3 is 0 Å². The Bertz CT molecular complexity index is 636. The van der Waals surface area contributed by atoms with E-state index in [4.69, 9.17) is 10.5 Å². The first-order valence-electron chi connectivity index (χ1n) is 8.20. The molecule has 3 nitrogen and oxygen atoms in total. The van der Waals surface area contributed by atoms with Gasteiger partial charge in [0.05, 0.1) is 7.11 Å². The van der Waals surface area contributed by atoms with Crippen molar-refractivity contribution in [2.24, 2.45) is 11.7 Å². The Morgan fingerprint density at radius 2 is 1.78 bits per heavy atom. The lowest BCUT2D eigenvalue weighted by atomic mass is 9.91. The normalized spacial score (nSPS) is 17.7. The number of hydrogen-bond acceptors (Lipinski definition) is 3. The number of fused-ring (bicyclic) bond motifs is 1. The number of ether oxygens (including phenoxy) is 1. The van der Waals surface area contributed by atoms with E-state index in [0.717, 1.165) is 25.4 Å². The molecular formula is C19H27ClN2O. The maximum absolute atomic E-state index is 6.02. The quantitative estimate of drug-likeness (QED) is 0.923. The van der Waals surface area contributed by atoms with Gasteiger partial charge in [0.25, 0.3) is 0 Å². The summed E-state index contributed by atoms with van der Waals surface area (Å²) in [6, 6.07) is 13.3. The molecule has 2 N–H and O–H groups in total. The number of rotatable bonds is 4. The van der Waals surface area contributed by atoms with E-state index in [2.05, 4.69) is 42.2 Å². The first-order valence-corrected chi connectivity index (χ1v) is 8.20. The number of nitrogens with zero attached hydrogens (tertiary/aromatic N) is 1. The van der Waals surface area contributed by atoms with Crippen LogP contribution in [0.25, 0.3) is 10.8 Å². The molecule has 1 heterocycles. The molecule has 3 rings (SSSR count). The lowest BCUT2D eigenvalue weighted by molar-refractivity contribution is 0.166. The number of halogens is 1. The molecule has 1 unspecified atom stereocenters. The van der Waals surface area contributed by atoms with E-state index in [1.54, 1.807) is 7.11 Å². The molecule has 1 fully saturated rings. The lowest BCUT2D eigenvalue weighted by Gasteiger charge is -2.33. The van der Waals surface area contributed by atoms with Crippen LogP contribution in [-0.2, 0) is 6.54 Å². The summed E-state index contributed by atoms with van der Waals surface area (Å²) < 4.78 is 5.28. The molecular weight excluding hydrogens is 308 g/mol. The van der Waals surface area contributed by atoms with Crippen molar-refractivity contribution in [3.63, 3.8) is 0 Å². The largest absolute Gasteiger partial charge is 0.497 e. The second kappa shape index (κ2) is 8.00. The minimum atomic E-state index is 0. The van der Waals surface area contributed by atoms with Crippen molar-refractivity contribution in [2.75, 3.05) is 20.2 Å². The van der Waals surface area contributed by atoms with Crippen LogP contribution in [-0.4, -0.2) is 31.1 Å². The summed E-state index contributed by atoms with van der Waals surface area (Å²) in [5.74, 6) is 1.61. The third kappa shape index (κ3) is 4.37. The van der Waals surface area contributed by atoms with Crippen molar-refractivity contribution in [3.05, 3.63) is 42.0 Å². The van der Waals surface area contributed by atoms with Gasteiger partial charge in [-0.05, 0) is 73.3 Å². The number of nitrogens with two attached hydrogens (primary N) is 1. The van der Waals surface area contributed by atoms with Crippen LogP contribution < -0.4 is 10.5 Å². The Kier molecular flexibility index (Phi) is 6.28. The molecule has 126 valence electrons. The average molecular weight is 335 g/mol. The molecule has 0 saturated carbocycles. The van der Waals surface area contributed by atoms with Gasteiger partial charge in [0.15, 0.2) is 0 Å². The summed E-state index contributed by atoms with van der Waals surface area (Å²) >= 11 is 0. The van der Waals surface area contributed by atoms with Crippen LogP contribution in [0.4, 0.5) is 0 Å². The van der Waals surface area contributed by atoms with Crippen molar-refractivity contribution in [1.29, 1.82) is 0 Å². The van der Waals surface area contributed by atoms with E-state index in [1.165, 1.54) is 29.2 Å². The highest BCUT2D eigenvalue weighted by molar-refractivity contribution is 5.85. The van der Waals surface area contributed by atoms with Crippen molar-refractivity contribution in [3.8, 4) is 5.75 Å². The van der Waals surface area contributed by atoms with Crippen LogP contribution in [0.1, 0.15) is 25.3 Å². The fourth-order valence-electron chi connectivity index (χ4n) is 3.39. The molecule has 2 aromatic rings. The van der Waals surface area contributed by atoms with Crippen molar-refractivity contribution < 1.29 is 4.74 Å². The van der Waals surface area contributed by atoms with Crippen LogP contribution in [0, 0.1) is 5.92 Å². The topological polar surface area (TPSA) is 38.5 Å². The molecule has 2 aromatic carbocycles. The van der Waals surface area contributed by atoms with Gasteiger partial charge in [-0.25, -0.2) is 0 Å². The van der Waals surface area contributed by atoms with Crippen molar-refractivity contribution in [1.82, 2.24) is 4.90 Å².